The lowest BCUT2D eigenvalue weighted by Crippen LogP contribution is -2.37. The van der Waals surface area contributed by atoms with Gasteiger partial charge in [0.05, 0.1) is 10.6 Å². The lowest BCUT2D eigenvalue weighted by atomic mass is 10.1. The number of anilines is 1. The second-order valence-corrected chi connectivity index (χ2v) is 8.69. The zero-order valence-corrected chi connectivity index (χ0v) is 17.5. The van der Waals surface area contributed by atoms with Gasteiger partial charge in [-0.05, 0) is 42.1 Å². The van der Waals surface area contributed by atoms with E-state index in [1.165, 1.54) is 10.9 Å². The topological polar surface area (TPSA) is 30.3 Å². The minimum atomic E-state index is -0.203. The summed E-state index contributed by atoms with van der Waals surface area (Å²) in [4.78, 5) is 6.02. The van der Waals surface area contributed by atoms with Crippen molar-refractivity contribution in [2.24, 2.45) is 0 Å². The number of benzene rings is 2. The number of nitrogens with zero attached hydrogens (tertiary/aromatic N) is 3. The maximum absolute atomic E-state index is 14.4. The summed E-state index contributed by atoms with van der Waals surface area (Å²) in [5.74, 6) is -0.203. The Morgan fingerprint density at radius 3 is 2.79 bits per heavy atom. The van der Waals surface area contributed by atoms with Gasteiger partial charge in [0.1, 0.15) is 11.9 Å². The lowest BCUT2D eigenvalue weighted by molar-refractivity contribution is 0.327. The van der Waals surface area contributed by atoms with Crippen LogP contribution in [-0.4, -0.2) is 24.0 Å². The molecule has 1 fully saturated rings. The van der Waals surface area contributed by atoms with Crippen molar-refractivity contribution in [3.8, 4) is 6.07 Å². The predicted octanol–water partition coefficient (Wildman–Crippen LogP) is 5.69. The third-order valence-electron chi connectivity index (χ3n) is 5.35. The Morgan fingerprint density at radius 1 is 1.21 bits per heavy atom. The van der Waals surface area contributed by atoms with E-state index in [1.807, 2.05) is 24.3 Å². The van der Waals surface area contributed by atoms with E-state index < -0.39 is 0 Å². The van der Waals surface area contributed by atoms with Crippen LogP contribution in [0.1, 0.15) is 22.4 Å². The smallest absolute Gasteiger partial charge is 0.128 e. The molecule has 0 bridgehead atoms. The molecular formula is C23H21ClFN3S. The Morgan fingerprint density at radius 2 is 2.07 bits per heavy atom. The molecule has 0 unspecified atom stereocenters. The highest BCUT2D eigenvalue weighted by molar-refractivity contribution is 7.09. The van der Waals surface area contributed by atoms with Crippen molar-refractivity contribution in [1.82, 2.24) is 4.90 Å². The molecule has 0 spiro atoms. The first kappa shape index (κ1) is 19.9. The van der Waals surface area contributed by atoms with Crippen LogP contribution in [0, 0.1) is 17.1 Å². The first-order valence-electron chi connectivity index (χ1n) is 9.58. The fraction of sp³-hybridized carbons (Fsp3) is 0.261. The zero-order chi connectivity index (χ0) is 20.2. The molecule has 3 nitrogen and oxygen atoms in total. The number of halogens is 2. The highest BCUT2D eigenvalue weighted by Crippen LogP contribution is 2.30. The number of nitriles is 1. The van der Waals surface area contributed by atoms with Crippen LogP contribution in [0.5, 0.6) is 0 Å². The van der Waals surface area contributed by atoms with Crippen molar-refractivity contribution in [2.75, 3.05) is 18.0 Å². The van der Waals surface area contributed by atoms with Crippen molar-refractivity contribution >= 4 is 28.6 Å². The van der Waals surface area contributed by atoms with Crippen molar-refractivity contribution in [3.05, 3.63) is 86.8 Å². The predicted molar refractivity (Wildman–Crippen MR) is 117 cm³/mol. The van der Waals surface area contributed by atoms with Gasteiger partial charge in [0.15, 0.2) is 0 Å². The molecule has 0 saturated carbocycles. The van der Waals surface area contributed by atoms with Crippen LogP contribution in [0.2, 0.25) is 5.02 Å². The minimum absolute atomic E-state index is 0.203. The van der Waals surface area contributed by atoms with Gasteiger partial charge in [-0.2, -0.15) is 5.26 Å². The lowest BCUT2D eigenvalue weighted by Gasteiger charge is -2.32. The molecule has 6 heteroatoms. The van der Waals surface area contributed by atoms with E-state index in [2.05, 4.69) is 33.4 Å². The monoisotopic (exact) mass is 425 g/mol. The molecule has 1 saturated heterocycles. The number of likely N-dealkylation sites (tertiary alicyclic amines) is 1. The highest BCUT2D eigenvalue weighted by Gasteiger charge is 2.29. The molecule has 1 aliphatic rings. The summed E-state index contributed by atoms with van der Waals surface area (Å²) in [6.45, 7) is 3.31. The molecule has 3 aromatic rings. The number of thiophene rings is 1. The molecule has 2 aromatic carbocycles. The van der Waals surface area contributed by atoms with Crippen molar-refractivity contribution in [2.45, 2.75) is 25.6 Å². The van der Waals surface area contributed by atoms with Gasteiger partial charge in [0.25, 0.3) is 0 Å². The van der Waals surface area contributed by atoms with Gasteiger partial charge < -0.3 is 4.90 Å². The van der Waals surface area contributed by atoms with E-state index in [-0.39, 0.29) is 11.9 Å². The Bertz CT molecular complexity index is 1020. The normalized spacial score (nSPS) is 16.7. The van der Waals surface area contributed by atoms with E-state index >= 15 is 0 Å². The van der Waals surface area contributed by atoms with Gasteiger partial charge in [0.2, 0.25) is 0 Å². The molecule has 0 radical (unpaired) electrons. The van der Waals surface area contributed by atoms with Crippen LogP contribution in [0.25, 0.3) is 0 Å². The third kappa shape index (κ3) is 4.62. The van der Waals surface area contributed by atoms with Gasteiger partial charge in [-0.1, -0.05) is 35.9 Å². The highest BCUT2D eigenvalue weighted by atomic mass is 35.5. The maximum Gasteiger partial charge on any atom is 0.128 e. The van der Waals surface area contributed by atoms with E-state index in [4.69, 9.17) is 11.6 Å². The summed E-state index contributed by atoms with van der Waals surface area (Å²) in [5, 5.41) is 11.7. The summed E-state index contributed by atoms with van der Waals surface area (Å²) in [6, 6.07) is 19.0. The maximum atomic E-state index is 14.4. The van der Waals surface area contributed by atoms with Crippen LogP contribution in [0.4, 0.5) is 10.1 Å². The molecule has 1 atom stereocenters. The van der Waals surface area contributed by atoms with Crippen molar-refractivity contribution in [3.63, 3.8) is 0 Å². The summed E-state index contributed by atoms with van der Waals surface area (Å²) in [5.41, 5.74) is 2.02. The van der Waals surface area contributed by atoms with Crippen LogP contribution < -0.4 is 4.90 Å². The molecule has 0 aliphatic carbocycles. The molecule has 148 valence electrons. The van der Waals surface area contributed by atoms with E-state index in [9.17, 15) is 9.65 Å². The summed E-state index contributed by atoms with van der Waals surface area (Å²) >= 11 is 8.08. The largest absolute Gasteiger partial charge is 0.363 e. The molecule has 0 N–H and O–H groups in total. The average molecular weight is 426 g/mol. The fourth-order valence-corrected chi connectivity index (χ4v) is 4.81. The summed E-state index contributed by atoms with van der Waals surface area (Å²) in [7, 11) is 0. The van der Waals surface area contributed by atoms with Crippen LogP contribution >= 0.6 is 22.9 Å². The fourth-order valence-electron chi connectivity index (χ4n) is 3.85. The van der Waals surface area contributed by atoms with E-state index in [0.717, 1.165) is 31.7 Å². The standard InChI is InChI=1S/C23H21ClFN3S/c24-22-12-19(8-7-17(22)13-26)28(14-18-4-1-2-6-23(18)25)20-9-10-27(15-20)16-21-5-3-11-29-21/h1-8,11-12,20H,9-10,14-16H2/t20-/m0/s1. The first-order valence-corrected chi connectivity index (χ1v) is 10.8. The molecule has 0 amide bonds. The van der Waals surface area contributed by atoms with Gasteiger partial charge in [0, 0.05) is 48.3 Å². The Labute approximate surface area is 179 Å². The van der Waals surface area contributed by atoms with Gasteiger partial charge in [-0.25, -0.2) is 4.39 Å². The molecule has 2 heterocycles. The molecule has 29 heavy (non-hydrogen) atoms. The van der Waals surface area contributed by atoms with E-state index in [0.29, 0.717) is 22.7 Å². The SMILES string of the molecule is N#Cc1ccc(N(Cc2ccccc2F)[C@H]2CCN(Cc3cccs3)C2)cc1Cl. The average Bonchev–Trinajstić information content (AvgIpc) is 3.40. The van der Waals surface area contributed by atoms with E-state index in [1.54, 1.807) is 23.5 Å². The van der Waals surface area contributed by atoms with Gasteiger partial charge >= 0.3 is 0 Å². The zero-order valence-electron chi connectivity index (χ0n) is 15.9. The number of hydrogen-bond acceptors (Lipinski definition) is 4. The minimum Gasteiger partial charge on any atom is -0.363 e. The first-order chi connectivity index (χ1) is 14.1. The van der Waals surface area contributed by atoms with Gasteiger partial charge in [-0.3, -0.25) is 4.90 Å². The van der Waals surface area contributed by atoms with Gasteiger partial charge in [-0.15, -0.1) is 11.3 Å². The van der Waals surface area contributed by atoms with Crippen LogP contribution in [0.3, 0.4) is 0 Å². The van der Waals surface area contributed by atoms with Crippen molar-refractivity contribution < 1.29 is 4.39 Å². The summed E-state index contributed by atoms with van der Waals surface area (Å²) in [6.07, 6.45) is 0.997. The van der Waals surface area contributed by atoms with Crippen LogP contribution in [-0.2, 0) is 13.1 Å². The number of rotatable bonds is 6. The third-order valence-corrected chi connectivity index (χ3v) is 6.52. The second-order valence-electron chi connectivity index (χ2n) is 7.25. The number of hydrogen-bond donors (Lipinski definition) is 0. The summed E-state index contributed by atoms with van der Waals surface area (Å²) < 4.78 is 14.4. The van der Waals surface area contributed by atoms with Crippen LogP contribution in [0.15, 0.2) is 60.0 Å². The Kier molecular flexibility index (Phi) is 6.15. The Hall–Kier alpha value is -2.39. The second kappa shape index (κ2) is 8.96. The molecule has 1 aliphatic heterocycles. The quantitative estimate of drug-likeness (QED) is 0.508. The Balaban J connectivity index is 1.59. The molecule has 4 rings (SSSR count). The molecule has 1 aromatic heterocycles. The molecular weight excluding hydrogens is 405 g/mol. The van der Waals surface area contributed by atoms with Crippen molar-refractivity contribution in [1.29, 1.82) is 5.26 Å².